The predicted molar refractivity (Wildman–Crippen MR) is 83.5 cm³/mol. The third-order valence-electron chi connectivity index (χ3n) is 3.44. The number of carbonyl (C=O) groups is 1. The molecule has 1 aliphatic heterocycles. The van der Waals surface area contributed by atoms with E-state index >= 15 is 0 Å². The summed E-state index contributed by atoms with van der Waals surface area (Å²) >= 11 is 3.41. The molecule has 1 atom stereocenters. The number of carbonyl (C=O) groups excluding carboxylic acids is 1. The minimum atomic E-state index is 0. The third-order valence-corrected chi connectivity index (χ3v) is 3.97. The molecule has 1 fully saturated rings. The summed E-state index contributed by atoms with van der Waals surface area (Å²) < 4.78 is 1.06. The molecule has 5 heteroatoms. The van der Waals surface area contributed by atoms with Gasteiger partial charge in [-0.2, -0.15) is 0 Å². The standard InChI is InChI=1S/C14H19BrN2O.ClH/c1-10(11-2-4-13(15)5-3-11)17-14(18)12-6-8-16-9-7-12;/h2-5,10,12,16H,6-9H2,1H3,(H,17,18);1H. The molecular formula is C14H20BrClN2O. The molecule has 3 nitrogen and oxygen atoms in total. The Labute approximate surface area is 129 Å². The lowest BCUT2D eigenvalue weighted by atomic mass is 9.96. The second kappa shape index (κ2) is 7.88. The molecule has 1 amide bonds. The maximum Gasteiger partial charge on any atom is 0.223 e. The SMILES string of the molecule is CC(NC(=O)C1CCNCC1)c1ccc(Br)cc1.Cl. The molecule has 0 spiro atoms. The molecule has 1 aliphatic rings. The fourth-order valence-electron chi connectivity index (χ4n) is 2.25. The first-order valence-corrected chi connectivity index (χ1v) is 7.22. The topological polar surface area (TPSA) is 41.1 Å². The van der Waals surface area contributed by atoms with E-state index in [0.29, 0.717) is 0 Å². The molecule has 1 saturated heterocycles. The van der Waals surface area contributed by atoms with Crippen molar-refractivity contribution in [3.63, 3.8) is 0 Å². The van der Waals surface area contributed by atoms with Crippen LogP contribution in [0.15, 0.2) is 28.7 Å². The molecule has 1 heterocycles. The molecule has 1 aromatic rings. The van der Waals surface area contributed by atoms with E-state index in [0.717, 1.165) is 36.0 Å². The summed E-state index contributed by atoms with van der Waals surface area (Å²) in [5, 5.41) is 6.38. The van der Waals surface area contributed by atoms with Gasteiger partial charge in [-0.25, -0.2) is 0 Å². The van der Waals surface area contributed by atoms with Gasteiger partial charge in [0.05, 0.1) is 6.04 Å². The fraction of sp³-hybridized carbons (Fsp3) is 0.500. The van der Waals surface area contributed by atoms with E-state index in [2.05, 4.69) is 26.6 Å². The Morgan fingerprint density at radius 3 is 2.47 bits per heavy atom. The van der Waals surface area contributed by atoms with Gasteiger partial charge in [-0.1, -0.05) is 28.1 Å². The Bertz CT molecular complexity index is 404. The lowest BCUT2D eigenvalue weighted by Gasteiger charge is -2.24. The van der Waals surface area contributed by atoms with E-state index in [-0.39, 0.29) is 30.3 Å². The second-order valence-corrected chi connectivity index (χ2v) is 5.72. The highest BCUT2D eigenvalue weighted by Crippen LogP contribution is 2.18. The molecule has 1 unspecified atom stereocenters. The number of hydrogen-bond acceptors (Lipinski definition) is 2. The molecule has 0 aromatic heterocycles. The fourth-order valence-corrected chi connectivity index (χ4v) is 2.51. The summed E-state index contributed by atoms with van der Waals surface area (Å²) in [5.41, 5.74) is 1.14. The van der Waals surface area contributed by atoms with Crippen LogP contribution in [0.3, 0.4) is 0 Å². The van der Waals surface area contributed by atoms with Crippen LogP contribution >= 0.6 is 28.3 Å². The van der Waals surface area contributed by atoms with Gasteiger partial charge in [0.1, 0.15) is 0 Å². The van der Waals surface area contributed by atoms with E-state index < -0.39 is 0 Å². The smallest absolute Gasteiger partial charge is 0.223 e. The van der Waals surface area contributed by atoms with E-state index in [1.807, 2.05) is 31.2 Å². The van der Waals surface area contributed by atoms with Crippen molar-refractivity contribution in [3.05, 3.63) is 34.3 Å². The number of nitrogens with one attached hydrogen (secondary N) is 2. The van der Waals surface area contributed by atoms with Crippen molar-refractivity contribution in [2.45, 2.75) is 25.8 Å². The maximum absolute atomic E-state index is 12.1. The van der Waals surface area contributed by atoms with Crippen LogP contribution in [0.1, 0.15) is 31.4 Å². The molecular weight excluding hydrogens is 328 g/mol. The van der Waals surface area contributed by atoms with E-state index in [1.54, 1.807) is 0 Å². The predicted octanol–water partition coefficient (Wildman–Crippen LogP) is 3.05. The normalized spacial score (nSPS) is 17.4. The highest BCUT2D eigenvalue weighted by Gasteiger charge is 2.22. The molecule has 0 saturated carbocycles. The Morgan fingerprint density at radius 2 is 1.89 bits per heavy atom. The Hall–Kier alpha value is -0.580. The van der Waals surface area contributed by atoms with Crippen LogP contribution in [0.4, 0.5) is 0 Å². The number of benzene rings is 1. The molecule has 2 rings (SSSR count). The highest BCUT2D eigenvalue weighted by molar-refractivity contribution is 9.10. The summed E-state index contributed by atoms with van der Waals surface area (Å²) in [6.45, 7) is 3.93. The molecule has 0 bridgehead atoms. The number of rotatable bonds is 3. The van der Waals surface area contributed by atoms with Gasteiger partial charge in [0.2, 0.25) is 5.91 Å². The number of amides is 1. The number of piperidine rings is 1. The van der Waals surface area contributed by atoms with E-state index in [4.69, 9.17) is 0 Å². The van der Waals surface area contributed by atoms with E-state index in [1.165, 1.54) is 0 Å². The van der Waals surface area contributed by atoms with Gasteiger partial charge in [-0.15, -0.1) is 12.4 Å². The lowest BCUT2D eigenvalue weighted by Crippen LogP contribution is -2.39. The molecule has 2 N–H and O–H groups in total. The molecule has 19 heavy (non-hydrogen) atoms. The first-order chi connectivity index (χ1) is 8.66. The van der Waals surface area contributed by atoms with Crippen molar-refractivity contribution in [2.24, 2.45) is 5.92 Å². The van der Waals surface area contributed by atoms with Crippen LogP contribution in [0.2, 0.25) is 0 Å². The Kier molecular flexibility index (Phi) is 6.83. The van der Waals surface area contributed by atoms with Crippen LogP contribution < -0.4 is 10.6 Å². The van der Waals surface area contributed by atoms with Crippen LogP contribution in [0.25, 0.3) is 0 Å². The monoisotopic (exact) mass is 346 g/mol. The zero-order valence-corrected chi connectivity index (χ0v) is 13.4. The lowest BCUT2D eigenvalue weighted by molar-refractivity contribution is -0.126. The van der Waals surface area contributed by atoms with Crippen molar-refractivity contribution in [1.82, 2.24) is 10.6 Å². The maximum atomic E-state index is 12.1. The summed E-state index contributed by atoms with van der Waals surface area (Å²) in [5.74, 6) is 0.357. The second-order valence-electron chi connectivity index (χ2n) is 4.81. The summed E-state index contributed by atoms with van der Waals surface area (Å²) in [4.78, 5) is 12.1. The van der Waals surface area contributed by atoms with Gasteiger partial charge in [0, 0.05) is 10.4 Å². The van der Waals surface area contributed by atoms with Crippen LogP contribution in [0.5, 0.6) is 0 Å². The van der Waals surface area contributed by atoms with Crippen LogP contribution in [-0.2, 0) is 4.79 Å². The summed E-state index contributed by atoms with van der Waals surface area (Å²) in [6.07, 6.45) is 1.89. The first-order valence-electron chi connectivity index (χ1n) is 6.43. The van der Waals surface area contributed by atoms with Gasteiger partial charge in [0.25, 0.3) is 0 Å². The minimum absolute atomic E-state index is 0. The van der Waals surface area contributed by atoms with Crippen molar-refractivity contribution < 1.29 is 4.79 Å². The molecule has 0 radical (unpaired) electrons. The molecule has 1 aromatic carbocycles. The third kappa shape index (κ3) is 4.79. The largest absolute Gasteiger partial charge is 0.349 e. The zero-order chi connectivity index (χ0) is 13.0. The van der Waals surface area contributed by atoms with Crippen molar-refractivity contribution in [3.8, 4) is 0 Å². The van der Waals surface area contributed by atoms with Crippen molar-refractivity contribution in [2.75, 3.05) is 13.1 Å². The quantitative estimate of drug-likeness (QED) is 0.882. The van der Waals surface area contributed by atoms with Crippen LogP contribution in [-0.4, -0.2) is 19.0 Å². The van der Waals surface area contributed by atoms with E-state index in [9.17, 15) is 4.79 Å². The first kappa shape index (κ1) is 16.5. The Balaban J connectivity index is 0.00000180. The number of hydrogen-bond donors (Lipinski definition) is 2. The van der Waals surface area contributed by atoms with Crippen molar-refractivity contribution >= 4 is 34.2 Å². The van der Waals surface area contributed by atoms with Gasteiger partial charge < -0.3 is 10.6 Å². The van der Waals surface area contributed by atoms with Crippen LogP contribution in [0, 0.1) is 5.92 Å². The molecule has 106 valence electrons. The number of halogens is 2. The van der Waals surface area contributed by atoms with Crippen molar-refractivity contribution in [1.29, 1.82) is 0 Å². The Morgan fingerprint density at radius 1 is 1.32 bits per heavy atom. The van der Waals surface area contributed by atoms with Gasteiger partial charge in [0.15, 0.2) is 0 Å². The molecule has 0 aliphatic carbocycles. The van der Waals surface area contributed by atoms with Gasteiger partial charge in [-0.3, -0.25) is 4.79 Å². The zero-order valence-electron chi connectivity index (χ0n) is 11.0. The minimum Gasteiger partial charge on any atom is -0.349 e. The average molecular weight is 348 g/mol. The van der Waals surface area contributed by atoms with Gasteiger partial charge >= 0.3 is 0 Å². The van der Waals surface area contributed by atoms with Gasteiger partial charge in [-0.05, 0) is 50.6 Å². The highest BCUT2D eigenvalue weighted by atomic mass is 79.9. The average Bonchev–Trinajstić information content (AvgIpc) is 2.40. The summed E-state index contributed by atoms with van der Waals surface area (Å²) in [7, 11) is 0. The summed E-state index contributed by atoms with van der Waals surface area (Å²) in [6, 6.07) is 8.15.